The van der Waals surface area contributed by atoms with Crippen LogP contribution in [0.3, 0.4) is 0 Å². The summed E-state index contributed by atoms with van der Waals surface area (Å²) in [6.45, 7) is 6.55. The maximum absolute atomic E-state index is 12.7. The zero-order valence-corrected chi connectivity index (χ0v) is 17.8. The van der Waals surface area contributed by atoms with Gasteiger partial charge in [0.1, 0.15) is 6.10 Å². The Balaban J connectivity index is 1.77. The summed E-state index contributed by atoms with van der Waals surface area (Å²) in [6.07, 6.45) is 5.09. The van der Waals surface area contributed by atoms with Gasteiger partial charge in [0.2, 0.25) is 5.78 Å². The predicted octanol–water partition coefficient (Wildman–Crippen LogP) is 5.95. The number of benzene rings is 2. The molecule has 0 bridgehead atoms. The maximum Gasteiger partial charge on any atom is 0.374 e. The first kappa shape index (κ1) is 21.3. The number of ether oxygens (including phenoxy) is 1. The molecule has 1 aliphatic rings. The van der Waals surface area contributed by atoms with Crippen molar-refractivity contribution in [1.29, 1.82) is 0 Å². The van der Waals surface area contributed by atoms with Gasteiger partial charge in [-0.25, -0.2) is 4.79 Å². The monoisotopic (exact) mass is 392 g/mol. The molecule has 0 amide bonds. The number of hydrogen-bond acceptors (Lipinski definition) is 3. The third kappa shape index (κ3) is 5.79. The third-order valence-corrected chi connectivity index (χ3v) is 5.82. The standard InChI is InChI=1S/C26H32O3/c1-26(2,3)21-16-14-20(15-17-21)23(19-10-6-4-7-11-19)18-24(27)25(28)29-22-12-8-5-9-13-22/h4,6-7,10-11,14-17,22-23H,5,8-9,12-13,18H2,1-3H3. The largest absolute Gasteiger partial charge is 0.457 e. The average molecular weight is 393 g/mol. The first-order chi connectivity index (χ1) is 13.8. The number of hydrogen-bond donors (Lipinski definition) is 0. The van der Waals surface area contributed by atoms with Gasteiger partial charge in [-0.05, 0) is 47.8 Å². The van der Waals surface area contributed by atoms with E-state index in [0.29, 0.717) is 0 Å². The van der Waals surface area contributed by atoms with Crippen LogP contribution in [0.2, 0.25) is 0 Å². The van der Waals surface area contributed by atoms with Gasteiger partial charge in [-0.15, -0.1) is 0 Å². The number of carbonyl (C=O) groups is 2. The van der Waals surface area contributed by atoms with Crippen molar-refractivity contribution in [3.63, 3.8) is 0 Å². The summed E-state index contributed by atoms with van der Waals surface area (Å²) in [5.41, 5.74) is 3.40. The van der Waals surface area contributed by atoms with Crippen molar-refractivity contribution in [2.75, 3.05) is 0 Å². The summed E-state index contributed by atoms with van der Waals surface area (Å²) >= 11 is 0. The molecule has 3 rings (SSSR count). The summed E-state index contributed by atoms with van der Waals surface area (Å²) in [6, 6.07) is 18.3. The molecule has 29 heavy (non-hydrogen) atoms. The van der Waals surface area contributed by atoms with E-state index in [0.717, 1.165) is 36.8 Å². The van der Waals surface area contributed by atoms with Crippen molar-refractivity contribution < 1.29 is 14.3 Å². The fourth-order valence-corrected chi connectivity index (χ4v) is 4.00. The highest BCUT2D eigenvalue weighted by Gasteiger charge is 2.27. The molecular formula is C26H32O3. The molecule has 3 heteroatoms. The molecular weight excluding hydrogens is 360 g/mol. The molecule has 1 saturated carbocycles. The molecule has 1 unspecified atom stereocenters. The van der Waals surface area contributed by atoms with E-state index in [1.54, 1.807) is 0 Å². The first-order valence-corrected chi connectivity index (χ1v) is 10.7. The van der Waals surface area contributed by atoms with E-state index in [9.17, 15) is 9.59 Å². The van der Waals surface area contributed by atoms with Gasteiger partial charge < -0.3 is 4.74 Å². The van der Waals surface area contributed by atoms with Crippen LogP contribution in [0.15, 0.2) is 54.6 Å². The van der Waals surface area contributed by atoms with E-state index in [2.05, 4.69) is 45.0 Å². The van der Waals surface area contributed by atoms with E-state index in [-0.39, 0.29) is 23.9 Å². The van der Waals surface area contributed by atoms with Gasteiger partial charge in [0, 0.05) is 12.3 Å². The Bertz CT molecular complexity index is 809. The predicted molar refractivity (Wildman–Crippen MR) is 116 cm³/mol. The normalized spacial score (nSPS) is 16.2. The van der Waals surface area contributed by atoms with E-state index in [4.69, 9.17) is 4.74 Å². The summed E-state index contributed by atoms with van der Waals surface area (Å²) < 4.78 is 5.50. The fraction of sp³-hybridized carbons (Fsp3) is 0.462. The second-order valence-electron chi connectivity index (χ2n) is 9.13. The molecule has 1 aliphatic carbocycles. The summed E-state index contributed by atoms with van der Waals surface area (Å²) in [5.74, 6) is -1.27. The lowest BCUT2D eigenvalue weighted by Crippen LogP contribution is -2.27. The Morgan fingerprint density at radius 3 is 2.07 bits per heavy atom. The van der Waals surface area contributed by atoms with E-state index in [1.807, 2.05) is 30.3 Å². The lowest BCUT2D eigenvalue weighted by molar-refractivity contribution is -0.159. The Labute approximate surface area is 174 Å². The first-order valence-electron chi connectivity index (χ1n) is 10.7. The highest BCUT2D eigenvalue weighted by Crippen LogP contribution is 2.31. The molecule has 0 saturated heterocycles. The number of ketones is 1. The molecule has 0 spiro atoms. The van der Waals surface area contributed by atoms with E-state index < -0.39 is 11.8 Å². The zero-order valence-electron chi connectivity index (χ0n) is 17.8. The summed E-state index contributed by atoms with van der Waals surface area (Å²) in [4.78, 5) is 25.1. The van der Waals surface area contributed by atoms with Crippen LogP contribution in [-0.4, -0.2) is 17.9 Å². The minimum atomic E-state index is -0.677. The molecule has 0 aliphatic heterocycles. The van der Waals surface area contributed by atoms with Gasteiger partial charge in [0.05, 0.1) is 0 Å². The van der Waals surface area contributed by atoms with Crippen molar-refractivity contribution >= 4 is 11.8 Å². The third-order valence-electron chi connectivity index (χ3n) is 5.82. The molecule has 3 nitrogen and oxygen atoms in total. The van der Waals surface area contributed by atoms with Crippen LogP contribution < -0.4 is 0 Å². The van der Waals surface area contributed by atoms with Gasteiger partial charge in [-0.2, -0.15) is 0 Å². The Hall–Kier alpha value is -2.42. The van der Waals surface area contributed by atoms with Gasteiger partial charge >= 0.3 is 5.97 Å². The Morgan fingerprint density at radius 2 is 1.48 bits per heavy atom. The van der Waals surface area contributed by atoms with Crippen LogP contribution in [0.1, 0.15) is 81.9 Å². The molecule has 1 fully saturated rings. The van der Waals surface area contributed by atoms with Crippen molar-refractivity contribution in [3.05, 3.63) is 71.3 Å². The highest BCUT2D eigenvalue weighted by molar-refractivity contribution is 6.33. The van der Waals surface area contributed by atoms with Crippen LogP contribution in [0.25, 0.3) is 0 Å². The van der Waals surface area contributed by atoms with Crippen molar-refractivity contribution in [1.82, 2.24) is 0 Å². The molecule has 154 valence electrons. The Morgan fingerprint density at radius 1 is 0.897 bits per heavy atom. The molecule has 1 atom stereocenters. The summed E-state index contributed by atoms with van der Waals surface area (Å²) in [7, 11) is 0. The number of Topliss-reactive ketones (excluding diaryl/α,β-unsaturated/α-hetero) is 1. The molecule has 0 aromatic heterocycles. The minimum absolute atomic E-state index is 0.0698. The van der Waals surface area contributed by atoms with Gasteiger partial charge in [0.15, 0.2) is 0 Å². The van der Waals surface area contributed by atoms with Crippen molar-refractivity contribution in [2.45, 2.75) is 76.7 Å². The van der Waals surface area contributed by atoms with Crippen LogP contribution in [-0.2, 0) is 19.7 Å². The topological polar surface area (TPSA) is 43.4 Å². The maximum atomic E-state index is 12.7. The number of carbonyl (C=O) groups excluding carboxylic acids is 2. The second kappa shape index (κ2) is 9.39. The smallest absolute Gasteiger partial charge is 0.374 e. The minimum Gasteiger partial charge on any atom is -0.457 e. The molecule has 0 N–H and O–H groups in total. The summed E-state index contributed by atoms with van der Waals surface area (Å²) in [5, 5.41) is 0. The zero-order chi connectivity index (χ0) is 20.9. The molecule has 0 radical (unpaired) electrons. The average Bonchev–Trinajstić information content (AvgIpc) is 2.72. The van der Waals surface area contributed by atoms with E-state index >= 15 is 0 Å². The van der Waals surface area contributed by atoms with Crippen LogP contribution >= 0.6 is 0 Å². The highest BCUT2D eigenvalue weighted by atomic mass is 16.5. The lowest BCUT2D eigenvalue weighted by atomic mass is 9.83. The molecule has 2 aromatic rings. The van der Waals surface area contributed by atoms with Gasteiger partial charge in [0.25, 0.3) is 0 Å². The van der Waals surface area contributed by atoms with Crippen molar-refractivity contribution in [2.24, 2.45) is 0 Å². The quantitative estimate of drug-likeness (QED) is 0.450. The molecule has 2 aromatic carbocycles. The number of esters is 1. The van der Waals surface area contributed by atoms with Gasteiger partial charge in [-0.1, -0.05) is 81.8 Å². The van der Waals surface area contributed by atoms with Crippen LogP contribution in [0, 0.1) is 0 Å². The van der Waals surface area contributed by atoms with E-state index in [1.165, 1.54) is 12.0 Å². The fourth-order valence-electron chi connectivity index (χ4n) is 4.00. The number of rotatable bonds is 6. The second-order valence-corrected chi connectivity index (χ2v) is 9.13. The SMILES string of the molecule is CC(C)(C)c1ccc(C(CC(=O)C(=O)OC2CCCCC2)c2ccccc2)cc1. The molecule has 0 heterocycles. The van der Waals surface area contributed by atoms with Crippen molar-refractivity contribution in [3.8, 4) is 0 Å². The van der Waals surface area contributed by atoms with Gasteiger partial charge in [-0.3, -0.25) is 4.79 Å². The lowest BCUT2D eigenvalue weighted by Gasteiger charge is -2.23. The van der Waals surface area contributed by atoms with Crippen LogP contribution in [0.4, 0.5) is 0 Å². The Kier molecular flexibility index (Phi) is 6.89. The van der Waals surface area contributed by atoms with Crippen LogP contribution in [0.5, 0.6) is 0 Å².